The maximum atomic E-state index is 12.1. The molecule has 0 radical (unpaired) electrons. The van der Waals surface area contributed by atoms with Crippen LogP contribution in [0.25, 0.3) is 10.6 Å². The van der Waals surface area contributed by atoms with E-state index in [4.69, 9.17) is 4.74 Å². The second-order valence-corrected chi connectivity index (χ2v) is 7.20. The van der Waals surface area contributed by atoms with Crippen molar-refractivity contribution in [2.45, 2.75) is 20.3 Å². The fourth-order valence-electron chi connectivity index (χ4n) is 2.64. The SMILES string of the molecule is COc1ccc(C)cc1NC(=O)NCCc1csc(-c2ccc(C)cc2)n1. The van der Waals surface area contributed by atoms with E-state index in [0.29, 0.717) is 24.4 Å². The number of rotatable bonds is 6. The number of nitrogens with zero attached hydrogens (tertiary/aromatic N) is 1. The fraction of sp³-hybridized carbons (Fsp3) is 0.238. The van der Waals surface area contributed by atoms with Crippen LogP contribution in [0.2, 0.25) is 0 Å². The Morgan fingerprint density at radius 1 is 1.11 bits per heavy atom. The lowest BCUT2D eigenvalue weighted by molar-refractivity contribution is 0.252. The van der Waals surface area contributed by atoms with Crippen LogP contribution in [0.5, 0.6) is 5.75 Å². The second-order valence-electron chi connectivity index (χ2n) is 6.34. The van der Waals surface area contributed by atoms with Gasteiger partial charge in [-0.1, -0.05) is 35.9 Å². The van der Waals surface area contributed by atoms with E-state index in [1.165, 1.54) is 5.56 Å². The van der Waals surface area contributed by atoms with Gasteiger partial charge in [-0.25, -0.2) is 9.78 Å². The molecule has 2 amide bonds. The van der Waals surface area contributed by atoms with Gasteiger partial charge >= 0.3 is 6.03 Å². The van der Waals surface area contributed by atoms with Crippen LogP contribution in [0.15, 0.2) is 47.8 Å². The Morgan fingerprint density at radius 3 is 2.59 bits per heavy atom. The zero-order chi connectivity index (χ0) is 19.2. The van der Waals surface area contributed by atoms with E-state index in [-0.39, 0.29) is 6.03 Å². The third kappa shape index (κ3) is 5.08. The van der Waals surface area contributed by atoms with Crippen molar-refractivity contribution in [1.29, 1.82) is 0 Å². The predicted molar refractivity (Wildman–Crippen MR) is 111 cm³/mol. The first-order valence-electron chi connectivity index (χ1n) is 8.76. The Hall–Kier alpha value is -2.86. The molecule has 0 fully saturated rings. The quantitative estimate of drug-likeness (QED) is 0.645. The van der Waals surface area contributed by atoms with E-state index in [1.807, 2.05) is 30.5 Å². The standard InChI is InChI=1S/C21H23N3O2S/c1-14-4-7-16(8-5-14)20-23-17(13-27-20)10-11-22-21(25)24-18-12-15(2)6-9-19(18)26-3/h4-9,12-13H,10-11H2,1-3H3,(H2,22,24,25). The predicted octanol–water partition coefficient (Wildman–Crippen LogP) is 4.80. The molecule has 0 atom stereocenters. The van der Waals surface area contributed by atoms with Crippen molar-refractivity contribution in [2.75, 3.05) is 19.0 Å². The van der Waals surface area contributed by atoms with Crippen molar-refractivity contribution in [3.63, 3.8) is 0 Å². The van der Waals surface area contributed by atoms with Crippen LogP contribution >= 0.6 is 11.3 Å². The van der Waals surface area contributed by atoms with E-state index in [9.17, 15) is 4.79 Å². The largest absolute Gasteiger partial charge is 0.495 e. The van der Waals surface area contributed by atoms with E-state index in [0.717, 1.165) is 21.8 Å². The number of anilines is 1. The second kappa shape index (κ2) is 8.68. The lowest BCUT2D eigenvalue weighted by atomic mass is 10.2. The lowest BCUT2D eigenvalue weighted by Crippen LogP contribution is -2.30. The van der Waals surface area contributed by atoms with Crippen molar-refractivity contribution >= 4 is 23.1 Å². The summed E-state index contributed by atoms with van der Waals surface area (Å²) in [5.74, 6) is 0.637. The molecule has 0 spiro atoms. The molecule has 6 heteroatoms. The molecular weight excluding hydrogens is 358 g/mol. The van der Waals surface area contributed by atoms with Gasteiger partial charge in [0.1, 0.15) is 10.8 Å². The number of urea groups is 1. The van der Waals surface area contributed by atoms with Crippen molar-refractivity contribution in [3.05, 3.63) is 64.7 Å². The zero-order valence-electron chi connectivity index (χ0n) is 15.7. The number of aromatic nitrogens is 1. The molecule has 0 unspecified atom stereocenters. The minimum atomic E-state index is -0.257. The van der Waals surface area contributed by atoms with Crippen molar-refractivity contribution in [1.82, 2.24) is 10.3 Å². The number of ether oxygens (including phenoxy) is 1. The Balaban J connectivity index is 1.52. The number of thiazole rings is 1. The number of methoxy groups -OCH3 is 1. The summed E-state index contributed by atoms with van der Waals surface area (Å²) in [6.45, 7) is 4.55. The number of nitrogens with one attached hydrogen (secondary N) is 2. The molecule has 0 aliphatic carbocycles. The van der Waals surface area contributed by atoms with Crippen LogP contribution in [-0.2, 0) is 6.42 Å². The molecule has 0 saturated carbocycles. The minimum absolute atomic E-state index is 0.257. The number of hydrogen-bond donors (Lipinski definition) is 2. The van der Waals surface area contributed by atoms with E-state index < -0.39 is 0 Å². The molecule has 5 nitrogen and oxygen atoms in total. The first-order chi connectivity index (χ1) is 13.0. The molecule has 27 heavy (non-hydrogen) atoms. The van der Waals surface area contributed by atoms with E-state index >= 15 is 0 Å². The fourth-order valence-corrected chi connectivity index (χ4v) is 3.50. The number of amides is 2. The molecule has 3 rings (SSSR count). The first-order valence-corrected chi connectivity index (χ1v) is 9.64. The average Bonchev–Trinajstić information content (AvgIpc) is 3.11. The number of carbonyl (C=O) groups is 1. The third-order valence-corrected chi connectivity index (χ3v) is 5.06. The summed E-state index contributed by atoms with van der Waals surface area (Å²) in [6.07, 6.45) is 0.681. The highest BCUT2D eigenvalue weighted by molar-refractivity contribution is 7.13. The van der Waals surface area contributed by atoms with Crippen molar-refractivity contribution in [2.24, 2.45) is 0 Å². The molecule has 0 aliphatic heterocycles. The maximum Gasteiger partial charge on any atom is 0.319 e. The van der Waals surface area contributed by atoms with Gasteiger partial charge in [0.25, 0.3) is 0 Å². The zero-order valence-corrected chi connectivity index (χ0v) is 16.5. The van der Waals surface area contributed by atoms with Gasteiger partial charge in [0.15, 0.2) is 0 Å². The molecule has 0 saturated heterocycles. The summed E-state index contributed by atoms with van der Waals surface area (Å²) in [4.78, 5) is 16.8. The van der Waals surface area contributed by atoms with Gasteiger partial charge in [-0.15, -0.1) is 11.3 Å². The summed E-state index contributed by atoms with van der Waals surface area (Å²) in [6, 6.07) is 13.7. The highest BCUT2D eigenvalue weighted by Gasteiger charge is 2.08. The molecule has 2 aromatic carbocycles. The Bertz CT molecular complexity index is 919. The lowest BCUT2D eigenvalue weighted by Gasteiger charge is -2.11. The Morgan fingerprint density at radius 2 is 1.85 bits per heavy atom. The van der Waals surface area contributed by atoms with Crippen LogP contribution < -0.4 is 15.4 Å². The van der Waals surface area contributed by atoms with Gasteiger partial charge in [0.05, 0.1) is 18.5 Å². The highest BCUT2D eigenvalue weighted by atomic mass is 32.1. The Kier molecular flexibility index (Phi) is 6.08. The topological polar surface area (TPSA) is 63.2 Å². The van der Waals surface area contributed by atoms with Gasteiger partial charge in [0, 0.05) is 23.9 Å². The summed E-state index contributed by atoms with van der Waals surface area (Å²) < 4.78 is 5.28. The molecule has 3 aromatic rings. The summed E-state index contributed by atoms with van der Waals surface area (Å²) >= 11 is 1.62. The molecule has 1 aromatic heterocycles. The van der Waals surface area contributed by atoms with Gasteiger partial charge in [0.2, 0.25) is 0 Å². The van der Waals surface area contributed by atoms with Crippen LogP contribution in [-0.4, -0.2) is 24.7 Å². The normalized spacial score (nSPS) is 10.5. The summed E-state index contributed by atoms with van der Waals surface area (Å²) in [5, 5.41) is 8.74. The number of benzene rings is 2. The van der Waals surface area contributed by atoms with Crippen LogP contribution in [0.3, 0.4) is 0 Å². The first kappa shape index (κ1) is 18.9. The van der Waals surface area contributed by atoms with Crippen LogP contribution in [0.4, 0.5) is 10.5 Å². The highest BCUT2D eigenvalue weighted by Crippen LogP contribution is 2.25. The molecule has 140 valence electrons. The number of carbonyl (C=O) groups excluding carboxylic acids is 1. The average molecular weight is 382 g/mol. The van der Waals surface area contributed by atoms with Crippen molar-refractivity contribution in [3.8, 4) is 16.3 Å². The van der Waals surface area contributed by atoms with E-state index in [2.05, 4.69) is 46.8 Å². The molecule has 1 heterocycles. The van der Waals surface area contributed by atoms with Crippen LogP contribution in [0.1, 0.15) is 16.8 Å². The molecule has 2 N–H and O–H groups in total. The van der Waals surface area contributed by atoms with Gasteiger partial charge < -0.3 is 15.4 Å². The van der Waals surface area contributed by atoms with Gasteiger partial charge in [-0.05, 0) is 31.5 Å². The molecule has 0 bridgehead atoms. The van der Waals surface area contributed by atoms with Gasteiger partial charge in [-0.3, -0.25) is 0 Å². The molecule has 0 aliphatic rings. The van der Waals surface area contributed by atoms with Gasteiger partial charge in [-0.2, -0.15) is 0 Å². The third-order valence-electron chi connectivity index (χ3n) is 4.12. The smallest absolute Gasteiger partial charge is 0.319 e. The minimum Gasteiger partial charge on any atom is -0.495 e. The Labute approximate surface area is 163 Å². The maximum absolute atomic E-state index is 12.1. The van der Waals surface area contributed by atoms with E-state index in [1.54, 1.807) is 18.4 Å². The molecular formula is C21H23N3O2S. The number of aryl methyl sites for hydroxylation is 2. The summed E-state index contributed by atoms with van der Waals surface area (Å²) in [7, 11) is 1.58. The summed E-state index contributed by atoms with van der Waals surface area (Å²) in [5.41, 5.74) is 5.04. The monoisotopic (exact) mass is 381 g/mol. The van der Waals surface area contributed by atoms with Crippen LogP contribution in [0, 0.1) is 13.8 Å². The van der Waals surface area contributed by atoms with Crippen molar-refractivity contribution < 1.29 is 9.53 Å². The number of hydrogen-bond acceptors (Lipinski definition) is 4.